The number of rotatable bonds is 4. The summed E-state index contributed by atoms with van der Waals surface area (Å²) in [6, 6.07) is -5.44. The summed E-state index contributed by atoms with van der Waals surface area (Å²) in [5, 5.41) is 1.14. The normalized spacial score (nSPS) is 16.4. The number of nitrogens with zero attached hydrogens (tertiary/aromatic N) is 1. The summed E-state index contributed by atoms with van der Waals surface area (Å²) in [4.78, 5) is 0.479. The van der Waals surface area contributed by atoms with Crippen LogP contribution in [0.5, 0.6) is 0 Å². The van der Waals surface area contributed by atoms with Crippen molar-refractivity contribution in [3.63, 3.8) is 0 Å². The van der Waals surface area contributed by atoms with Crippen molar-refractivity contribution in [1.82, 2.24) is 15.5 Å². The molecular weight excluding hydrogens is 266 g/mol. The molecule has 0 bridgehead atoms. The standard InChI is InChI=1S/C6H9F8N3/c1-17(2)3(16-6(12,13)14)15-5(10,11)4(7,8)9/h3,15-16H,1-2H3. The molecule has 2 N–H and O–H groups in total. The van der Waals surface area contributed by atoms with Crippen molar-refractivity contribution in [3.05, 3.63) is 0 Å². The van der Waals surface area contributed by atoms with Gasteiger partial charge in [0.25, 0.3) is 0 Å². The van der Waals surface area contributed by atoms with E-state index in [2.05, 4.69) is 0 Å². The van der Waals surface area contributed by atoms with Gasteiger partial charge in [-0.2, -0.15) is 40.4 Å². The number of alkyl halides is 8. The average molecular weight is 275 g/mol. The lowest BCUT2D eigenvalue weighted by atomic mass is 10.5. The van der Waals surface area contributed by atoms with Gasteiger partial charge in [0.2, 0.25) is 0 Å². The molecule has 104 valence electrons. The molecule has 0 spiro atoms. The molecule has 0 saturated heterocycles. The van der Waals surface area contributed by atoms with Crippen molar-refractivity contribution in [3.8, 4) is 0 Å². The van der Waals surface area contributed by atoms with E-state index in [1.807, 2.05) is 0 Å². The highest BCUT2D eigenvalue weighted by Crippen LogP contribution is 2.33. The van der Waals surface area contributed by atoms with Crippen LogP contribution in [0.4, 0.5) is 35.1 Å². The van der Waals surface area contributed by atoms with Crippen molar-refractivity contribution < 1.29 is 35.1 Å². The van der Waals surface area contributed by atoms with Crippen LogP contribution in [-0.2, 0) is 0 Å². The Hall–Kier alpha value is -0.680. The molecule has 0 amide bonds. The predicted molar refractivity (Wildman–Crippen MR) is 40.8 cm³/mol. The smallest absolute Gasteiger partial charge is 0.282 e. The van der Waals surface area contributed by atoms with Gasteiger partial charge in [-0.3, -0.25) is 4.90 Å². The summed E-state index contributed by atoms with van der Waals surface area (Å²) >= 11 is 0. The Labute approximate surface area is 90.7 Å². The van der Waals surface area contributed by atoms with Crippen molar-refractivity contribution in [2.75, 3.05) is 14.1 Å². The zero-order chi connectivity index (χ0) is 14.1. The predicted octanol–water partition coefficient (Wildman–Crippen LogP) is 1.69. The van der Waals surface area contributed by atoms with Gasteiger partial charge in [0.15, 0.2) is 0 Å². The molecule has 11 heteroatoms. The van der Waals surface area contributed by atoms with E-state index < -0.39 is 24.8 Å². The molecule has 0 rings (SSSR count). The zero-order valence-corrected chi connectivity index (χ0v) is 8.55. The lowest BCUT2D eigenvalue weighted by Gasteiger charge is -2.31. The van der Waals surface area contributed by atoms with Crippen molar-refractivity contribution in [2.45, 2.75) is 24.8 Å². The number of halogens is 8. The molecule has 1 unspecified atom stereocenters. The van der Waals surface area contributed by atoms with Gasteiger partial charge in [0.1, 0.15) is 6.29 Å². The minimum Gasteiger partial charge on any atom is -0.282 e. The first-order chi connectivity index (χ1) is 7.26. The molecule has 0 aliphatic carbocycles. The highest BCUT2D eigenvalue weighted by Gasteiger charge is 2.59. The molecule has 0 aliphatic rings. The fourth-order valence-corrected chi connectivity index (χ4v) is 0.703. The van der Waals surface area contributed by atoms with Crippen molar-refractivity contribution in [1.29, 1.82) is 0 Å². The summed E-state index contributed by atoms with van der Waals surface area (Å²) in [5.41, 5.74) is 0. The van der Waals surface area contributed by atoms with Crippen LogP contribution in [0.1, 0.15) is 0 Å². The summed E-state index contributed by atoms with van der Waals surface area (Å²) < 4.78 is 95.6. The quantitative estimate of drug-likeness (QED) is 0.464. The number of hydrogen-bond donors (Lipinski definition) is 2. The maximum Gasteiger partial charge on any atom is 0.469 e. The van der Waals surface area contributed by atoms with Gasteiger partial charge < -0.3 is 0 Å². The fourth-order valence-electron chi connectivity index (χ4n) is 0.703. The SMILES string of the molecule is CN(C)C(NC(F)(F)F)NC(F)(F)C(F)(F)F. The summed E-state index contributed by atoms with van der Waals surface area (Å²) in [7, 11) is 1.78. The zero-order valence-electron chi connectivity index (χ0n) is 8.55. The Morgan fingerprint density at radius 2 is 1.24 bits per heavy atom. The largest absolute Gasteiger partial charge is 0.469 e. The fraction of sp³-hybridized carbons (Fsp3) is 1.00. The van der Waals surface area contributed by atoms with E-state index in [1.165, 1.54) is 0 Å². The molecule has 0 aromatic heterocycles. The average Bonchev–Trinajstić information content (AvgIpc) is 1.96. The monoisotopic (exact) mass is 275 g/mol. The van der Waals surface area contributed by atoms with E-state index in [9.17, 15) is 35.1 Å². The topological polar surface area (TPSA) is 27.3 Å². The molecule has 0 heterocycles. The highest BCUT2D eigenvalue weighted by atomic mass is 19.4. The van der Waals surface area contributed by atoms with Crippen LogP contribution in [-0.4, -0.2) is 43.8 Å². The summed E-state index contributed by atoms with van der Waals surface area (Å²) in [6.45, 7) is 0. The lowest BCUT2D eigenvalue weighted by Crippen LogP contribution is -2.64. The third kappa shape index (κ3) is 5.46. The maximum absolute atomic E-state index is 12.4. The molecule has 0 aromatic rings. The third-order valence-electron chi connectivity index (χ3n) is 1.49. The van der Waals surface area contributed by atoms with Gasteiger partial charge in [-0.05, 0) is 14.1 Å². The summed E-state index contributed by atoms with van der Waals surface area (Å²) in [5.74, 6) is 0. The van der Waals surface area contributed by atoms with Crippen LogP contribution in [0.2, 0.25) is 0 Å². The third-order valence-corrected chi connectivity index (χ3v) is 1.49. The Kier molecular flexibility index (Phi) is 4.70. The van der Waals surface area contributed by atoms with Crippen LogP contribution in [0.25, 0.3) is 0 Å². The molecule has 0 aliphatic heterocycles. The Morgan fingerprint density at radius 3 is 1.47 bits per heavy atom. The molecular formula is C6H9F8N3. The van der Waals surface area contributed by atoms with Crippen LogP contribution in [0.3, 0.4) is 0 Å². The first kappa shape index (κ1) is 16.3. The van der Waals surface area contributed by atoms with E-state index in [-0.39, 0.29) is 0 Å². The van der Waals surface area contributed by atoms with Gasteiger partial charge in [-0.15, -0.1) is 0 Å². The van der Waals surface area contributed by atoms with Crippen LogP contribution in [0, 0.1) is 0 Å². The van der Waals surface area contributed by atoms with Gasteiger partial charge in [0.05, 0.1) is 0 Å². The lowest BCUT2D eigenvalue weighted by molar-refractivity contribution is -0.306. The second kappa shape index (κ2) is 4.90. The van der Waals surface area contributed by atoms with Gasteiger partial charge in [0, 0.05) is 0 Å². The minimum atomic E-state index is -5.99. The Morgan fingerprint density at radius 1 is 0.824 bits per heavy atom. The Balaban J connectivity index is 4.78. The van der Waals surface area contributed by atoms with E-state index in [1.54, 1.807) is 0 Å². The van der Waals surface area contributed by atoms with Crippen molar-refractivity contribution >= 4 is 0 Å². The number of hydrogen-bond acceptors (Lipinski definition) is 3. The molecule has 0 aromatic carbocycles. The molecule has 3 nitrogen and oxygen atoms in total. The maximum atomic E-state index is 12.4. The van der Waals surface area contributed by atoms with Crippen LogP contribution < -0.4 is 10.6 Å². The van der Waals surface area contributed by atoms with E-state index in [0.717, 1.165) is 14.1 Å². The molecule has 0 fully saturated rings. The molecule has 1 atom stereocenters. The second-order valence-electron chi connectivity index (χ2n) is 3.22. The van der Waals surface area contributed by atoms with Crippen LogP contribution >= 0.6 is 0 Å². The van der Waals surface area contributed by atoms with Crippen LogP contribution in [0.15, 0.2) is 0 Å². The summed E-state index contributed by atoms with van der Waals surface area (Å²) in [6.07, 6.45) is -13.5. The van der Waals surface area contributed by atoms with Gasteiger partial charge in [-0.25, -0.2) is 5.32 Å². The van der Waals surface area contributed by atoms with Gasteiger partial charge >= 0.3 is 18.5 Å². The second-order valence-corrected chi connectivity index (χ2v) is 3.22. The van der Waals surface area contributed by atoms with E-state index in [0.29, 0.717) is 15.5 Å². The highest BCUT2D eigenvalue weighted by molar-refractivity contribution is 4.77. The molecule has 0 saturated carbocycles. The van der Waals surface area contributed by atoms with Gasteiger partial charge in [-0.1, -0.05) is 0 Å². The minimum absolute atomic E-state index is 0.479. The molecule has 17 heavy (non-hydrogen) atoms. The number of nitrogens with one attached hydrogen (secondary N) is 2. The van der Waals surface area contributed by atoms with E-state index >= 15 is 0 Å². The molecule has 0 radical (unpaired) electrons. The van der Waals surface area contributed by atoms with Crippen molar-refractivity contribution in [2.24, 2.45) is 0 Å². The van der Waals surface area contributed by atoms with E-state index in [4.69, 9.17) is 0 Å². The first-order valence-corrected chi connectivity index (χ1v) is 3.99. The Bertz CT molecular complexity index is 245. The first-order valence-electron chi connectivity index (χ1n) is 3.99.